The largest absolute Gasteiger partial charge is 0.481 e. The highest BCUT2D eigenvalue weighted by Crippen LogP contribution is 2.18. The average molecular weight is 596 g/mol. The second-order valence-electron chi connectivity index (χ2n) is 10.4. The van der Waals surface area contributed by atoms with Gasteiger partial charge in [0, 0.05) is 37.7 Å². The van der Waals surface area contributed by atoms with E-state index in [-0.39, 0.29) is 0 Å². The molecule has 1 aromatic carbocycles. The summed E-state index contributed by atoms with van der Waals surface area (Å²) < 4.78 is 9.98. The number of aliphatic carboxylic acids is 3. The van der Waals surface area contributed by atoms with Gasteiger partial charge in [0.1, 0.15) is 11.5 Å². The van der Waals surface area contributed by atoms with Crippen LogP contribution in [0.1, 0.15) is 47.7 Å². The van der Waals surface area contributed by atoms with Crippen LogP contribution in [0.25, 0.3) is 5.69 Å². The van der Waals surface area contributed by atoms with Crippen molar-refractivity contribution in [2.75, 3.05) is 6.54 Å². The van der Waals surface area contributed by atoms with Gasteiger partial charge in [-0.3, -0.25) is 14.5 Å². The fraction of sp³-hybridized carbons (Fsp3) is 0.367. The highest BCUT2D eigenvalue weighted by atomic mass is 16.4. The molecule has 0 unspecified atom stereocenters. The second-order valence-corrected chi connectivity index (χ2v) is 10.4. The zero-order chi connectivity index (χ0) is 31.6. The molecule has 0 radical (unpaired) electrons. The van der Waals surface area contributed by atoms with Gasteiger partial charge in [-0.1, -0.05) is 12.1 Å². The molecular formula is C30H37N5O8. The smallest absolute Gasteiger partial charge is 0.336 e. The van der Waals surface area contributed by atoms with Gasteiger partial charge in [-0.05, 0) is 63.1 Å². The zero-order valence-electron chi connectivity index (χ0n) is 24.4. The number of aryl methyl sites for hydroxylation is 4. The molecule has 0 fully saturated rings. The number of carbonyl (C=O) groups is 3. The number of aliphatic hydroxyl groups is 1. The topological polar surface area (TPSA) is 184 Å². The molecule has 13 heteroatoms. The van der Waals surface area contributed by atoms with Crippen LogP contribution in [0.4, 0.5) is 0 Å². The number of rotatable bonds is 14. The minimum absolute atomic E-state index is 0.794. The van der Waals surface area contributed by atoms with Crippen molar-refractivity contribution in [1.29, 1.82) is 0 Å². The van der Waals surface area contributed by atoms with Crippen LogP contribution in [0.3, 0.4) is 0 Å². The second kappa shape index (κ2) is 14.9. The van der Waals surface area contributed by atoms with Crippen molar-refractivity contribution in [2.24, 2.45) is 0 Å². The first-order chi connectivity index (χ1) is 20.3. The van der Waals surface area contributed by atoms with E-state index in [1.165, 1.54) is 5.56 Å². The summed E-state index contributed by atoms with van der Waals surface area (Å²) in [6, 6.07) is 14.9. The van der Waals surface area contributed by atoms with Crippen LogP contribution in [0.2, 0.25) is 0 Å². The molecule has 0 aliphatic rings. The van der Waals surface area contributed by atoms with E-state index in [1.807, 2.05) is 43.3 Å². The SMILES string of the molecule is Cc1cc(C)n(-c2cccc(CN(CCCn3ccnc3)Cc3ccc(C)o3)c2)n1.O=C(O)CC(O)(CC(=O)O)C(=O)O. The molecule has 43 heavy (non-hydrogen) atoms. The lowest BCUT2D eigenvalue weighted by atomic mass is 9.96. The Balaban J connectivity index is 0.000000331. The van der Waals surface area contributed by atoms with E-state index in [9.17, 15) is 14.4 Å². The number of carboxylic acid groups (broad SMARTS) is 3. The number of imidazole rings is 1. The summed E-state index contributed by atoms with van der Waals surface area (Å²) in [6.45, 7) is 9.69. The molecule has 0 bridgehead atoms. The standard InChI is InChI=1S/C24H29N5O.C6H8O7/c1-19-14-20(2)29(26-19)23-7-4-6-22(15-23)16-28(17-24-9-8-21(3)30-24)12-5-11-27-13-10-25-18-27;7-3(8)1-6(13,5(11)12)2-4(9)10/h4,6-10,13-15,18H,5,11-12,16-17H2,1-3H3;13H,1-2H2,(H,7,8)(H,9,10)(H,11,12). The molecular weight excluding hydrogens is 558 g/mol. The van der Waals surface area contributed by atoms with E-state index in [0.29, 0.717) is 0 Å². The van der Waals surface area contributed by atoms with Crippen molar-refractivity contribution in [2.45, 2.75) is 65.3 Å². The van der Waals surface area contributed by atoms with Crippen molar-refractivity contribution in [3.8, 4) is 5.69 Å². The normalized spacial score (nSPS) is 11.3. The summed E-state index contributed by atoms with van der Waals surface area (Å²) in [4.78, 5) is 37.1. The van der Waals surface area contributed by atoms with Gasteiger partial charge in [-0.25, -0.2) is 14.5 Å². The lowest BCUT2D eigenvalue weighted by Crippen LogP contribution is -2.42. The number of benzene rings is 1. The minimum Gasteiger partial charge on any atom is -0.481 e. The Bertz CT molecular complexity index is 1490. The number of hydrogen-bond donors (Lipinski definition) is 4. The summed E-state index contributed by atoms with van der Waals surface area (Å²) in [7, 11) is 0. The predicted molar refractivity (Wildman–Crippen MR) is 155 cm³/mol. The Hall–Kier alpha value is -4.75. The van der Waals surface area contributed by atoms with Crippen LogP contribution < -0.4 is 0 Å². The maximum absolute atomic E-state index is 10.3. The first kappa shape index (κ1) is 32.8. The molecule has 0 spiro atoms. The molecule has 0 saturated carbocycles. The summed E-state index contributed by atoms with van der Waals surface area (Å²) >= 11 is 0. The summed E-state index contributed by atoms with van der Waals surface area (Å²) in [5, 5.41) is 38.4. The lowest BCUT2D eigenvalue weighted by molar-refractivity contribution is -0.170. The van der Waals surface area contributed by atoms with Gasteiger partial charge in [0.15, 0.2) is 5.60 Å². The summed E-state index contributed by atoms with van der Waals surface area (Å²) in [5.74, 6) is -3.06. The predicted octanol–water partition coefficient (Wildman–Crippen LogP) is 3.43. The molecule has 3 heterocycles. The van der Waals surface area contributed by atoms with Crippen LogP contribution >= 0.6 is 0 Å². The molecule has 0 aliphatic carbocycles. The molecule has 4 rings (SSSR count). The van der Waals surface area contributed by atoms with Crippen molar-refractivity contribution < 1.29 is 39.2 Å². The Morgan fingerprint density at radius 2 is 1.70 bits per heavy atom. The van der Waals surface area contributed by atoms with Gasteiger partial charge >= 0.3 is 17.9 Å². The third kappa shape index (κ3) is 10.2. The number of aromatic nitrogens is 4. The molecule has 13 nitrogen and oxygen atoms in total. The van der Waals surface area contributed by atoms with Crippen LogP contribution in [0, 0.1) is 20.8 Å². The maximum Gasteiger partial charge on any atom is 0.336 e. The summed E-state index contributed by atoms with van der Waals surface area (Å²) in [5.41, 5.74) is 1.81. The van der Waals surface area contributed by atoms with Crippen molar-refractivity contribution in [1.82, 2.24) is 24.2 Å². The molecule has 0 atom stereocenters. The van der Waals surface area contributed by atoms with Crippen LogP contribution in [-0.2, 0) is 34.0 Å². The minimum atomic E-state index is -2.74. The molecule has 3 aromatic heterocycles. The fourth-order valence-corrected chi connectivity index (χ4v) is 4.55. The molecule has 4 N–H and O–H groups in total. The third-order valence-electron chi connectivity index (χ3n) is 6.48. The zero-order valence-corrected chi connectivity index (χ0v) is 24.4. The molecule has 4 aromatic rings. The first-order valence-corrected chi connectivity index (χ1v) is 13.6. The van der Waals surface area contributed by atoms with Crippen LogP contribution in [0.15, 0.2) is 65.6 Å². The molecule has 0 aliphatic heterocycles. The Labute approximate surface area is 248 Å². The van der Waals surface area contributed by atoms with Crippen molar-refractivity contribution in [3.05, 3.63) is 89.7 Å². The van der Waals surface area contributed by atoms with Gasteiger partial charge in [-0.15, -0.1) is 0 Å². The maximum atomic E-state index is 10.3. The van der Waals surface area contributed by atoms with Gasteiger partial charge < -0.3 is 29.4 Å². The van der Waals surface area contributed by atoms with Gasteiger partial charge in [-0.2, -0.15) is 5.10 Å². The van der Waals surface area contributed by atoms with E-state index in [2.05, 4.69) is 62.9 Å². The highest BCUT2D eigenvalue weighted by molar-refractivity contribution is 5.88. The highest BCUT2D eigenvalue weighted by Gasteiger charge is 2.40. The van der Waals surface area contributed by atoms with Gasteiger partial charge in [0.05, 0.1) is 37.1 Å². The van der Waals surface area contributed by atoms with Crippen molar-refractivity contribution in [3.63, 3.8) is 0 Å². The Morgan fingerprint density at radius 3 is 2.23 bits per heavy atom. The molecule has 0 amide bonds. The fourth-order valence-electron chi connectivity index (χ4n) is 4.55. The average Bonchev–Trinajstić information content (AvgIpc) is 3.65. The lowest BCUT2D eigenvalue weighted by Gasteiger charge is -2.22. The molecule has 0 saturated heterocycles. The number of hydrogen-bond acceptors (Lipinski definition) is 8. The monoisotopic (exact) mass is 595 g/mol. The number of furan rings is 1. The Kier molecular flexibility index (Phi) is 11.4. The number of carboxylic acids is 3. The van der Waals surface area contributed by atoms with Gasteiger partial charge in [0.2, 0.25) is 0 Å². The van der Waals surface area contributed by atoms with E-state index in [0.717, 1.165) is 61.2 Å². The molecule has 230 valence electrons. The number of nitrogens with zero attached hydrogens (tertiary/aromatic N) is 5. The van der Waals surface area contributed by atoms with Crippen LogP contribution in [0.5, 0.6) is 0 Å². The first-order valence-electron chi connectivity index (χ1n) is 13.6. The summed E-state index contributed by atoms with van der Waals surface area (Å²) in [6.07, 6.45) is 4.47. The van der Waals surface area contributed by atoms with E-state index in [4.69, 9.17) is 24.8 Å². The van der Waals surface area contributed by atoms with E-state index in [1.54, 1.807) is 0 Å². The van der Waals surface area contributed by atoms with Crippen LogP contribution in [-0.4, -0.2) is 74.7 Å². The van der Waals surface area contributed by atoms with E-state index < -0.39 is 36.4 Å². The Morgan fingerprint density at radius 1 is 0.977 bits per heavy atom. The van der Waals surface area contributed by atoms with Gasteiger partial charge in [0.25, 0.3) is 0 Å². The van der Waals surface area contributed by atoms with Crippen molar-refractivity contribution >= 4 is 17.9 Å². The third-order valence-corrected chi connectivity index (χ3v) is 6.48. The van der Waals surface area contributed by atoms with E-state index >= 15 is 0 Å². The quantitative estimate of drug-likeness (QED) is 0.167.